The number of fused-ring (bicyclic) bond motifs is 2. The van der Waals surface area contributed by atoms with E-state index in [0.717, 1.165) is 10.5 Å². The molecule has 2 aliphatic rings. The summed E-state index contributed by atoms with van der Waals surface area (Å²) in [6, 6.07) is 12.4. The van der Waals surface area contributed by atoms with Gasteiger partial charge in [-0.15, -0.1) is 11.8 Å². The smallest absolute Gasteiger partial charge is 0.275 e. The summed E-state index contributed by atoms with van der Waals surface area (Å²) in [6.45, 7) is 5.00. The molecule has 0 saturated carbocycles. The highest BCUT2D eigenvalue weighted by molar-refractivity contribution is 8.03. The van der Waals surface area contributed by atoms with Crippen LogP contribution in [0.25, 0.3) is 0 Å². The molecular formula is C20H17ClN2O3S. The molecule has 0 aliphatic carbocycles. The topological polar surface area (TPSA) is 57.7 Å². The highest BCUT2D eigenvalue weighted by atomic mass is 35.5. The molecule has 0 bridgehead atoms. The van der Waals surface area contributed by atoms with Crippen LogP contribution in [0.4, 0.5) is 11.4 Å². The van der Waals surface area contributed by atoms with E-state index in [2.05, 4.69) is 0 Å². The van der Waals surface area contributed by atoms with Crippen LogP contribution in [0.1, 0.15) is 25.0 Å². The normalized spacial score (nSPS) is 24.1. The van der Waals surface area contributed by atoms with Gasteiger partial charge in [-0.1, -0.05) is 35.9 Å². The van der Waals surface area contributed by atoms with Gasteiger partial charge in [0.15, 0.2) is 0 Å². The fourth-order valence-corrected chi connectivity index (χ4v) is 5.38. The van der Waals surface area contributed by atoms with Crippen LogP contribution in [0, 0.1) is 6.92 Å². The molecule has 1 saturated heterocycles. The SMILES string of the molecule is CC(=O)N1C(=O)[C@@]2(S[C@H](C)C(=O)N2c2ccc(C)c(Cl)c2)c2ccccc21. The van der Waals surface area contributed by atoms with Crippen LogP contribution in [0.3, 0.4) is 0 Å². The zero-order valence-electron chi connectivity index (χ0n) is 15.0. The van der Waals surface area contributed by atoms with Crippen molar-refractivity contribution in [2.45, 2.75) is 30.9 Å². The molecule has 2 aromatic carbocycles. The number of aryl methyl sites for hydroxylation is 1. The number of carbonyl (C=O) groups is 3. The Bertz CT molecular complexity index is 1010. The van der Waals surface area contributed by atoms with E-state index in [1.807, 2.05) is 19.1 Å². The van der Waals surface area contributed by atoms with E-state index >= 15 is 0 Å². The van der Waals surface area contributed by atoms with Gasteiger partial charge in [-0.3, -0.25) is 19.3 Å². The molecule has 2 heterocycles. The van der Waals surface area contributed by atoms with E-state index in [9.17, 15) is 14.4 Å². The summed E-state index contributed by atoms with van der Waals surface area (Å²) >= 11 is 7.55. The molecular weight excluding hydrogens is 384 g/mol. The maximum absolute atomic E-state index is 13.5. The summed E-state index contributed by atoms with van der Waals surface area (Å²) in [5.74, 6) is -0.983. The summed E-state index contributed by atoms with van der Waals surface area (Å²) in [6.07, 6.45) is 0. The van der Waals surface area contributed by atoms with Gasteiger partial charge in [-0.05, 0) is 37.6 Å². The summed E-state index contributed by atoms with van der Waals surface area (Å²) in [5.41, 5.74) is 2.59. The minimum absolute atomic E-state index is 0.187. The molecule has 7 heteroatoms. The fraction of sp³-hybridized carbons (Fsp3) is 0.250. The van der Waals surface area contributed by atoms with Crippen molar-refractivity contribution >= 4 is 52.5 Å². The number of halogens is 1. The third-order valence-electron chi connectivity index (χ3n) is 4.96. The lowest BCUT2D eigenvalue weighted by molar-refractivity contribution is -0.128. The van der Waals surface area contributed by atoms with Crippen molar-refractivity contribution in [2.75, 3.05) is 9.80 Å². The number of rotatable bonds is 1. The molecule has 138 valence electrons. The van der Waals surface area contributed by atoms with E-state index in [-0.39, 0.29) is 11.8 Å². The van der Waals surface area contributed by atoms with Crippen LogP contribution >= 0.6 is 23.4 Å². The first-order chi connectivity index (χ1) is 12.8. The van der Waals surface area contributed by atoms with Crippen LogP contribution < -0.4 is 9.80 Å². The molecule has 2 atom stereocenters. The molecule has 2 aliphatic heterocycles. The van der Waals surface area contributed by atoms with Crippen molar-refractivity contribution in [3.8, 4) is 0 Å². The number of benzene rings is 2. The first-order valence-electron chi connectivity index (χ1n) is 8.51. The number of hydrogen-bond donors (Lipinski definition) is 0. The van der Waals surface area contributed by atoms with Crippen molar-refractivity contribution < 1.29 is 14.4 Å². The van der Waals surface area contributed by atoms with E-state index in [1.165, 1.54) is 23.6 Å². The second-order valence-corrected chi connectivity index (χ2v) is 8.63. The van der Waals surface area contributed by atoms with E-state index in [4.69, 9.17) is 11.6 Å². The van der Waals surface area contributed by atoms with Crippen molar-refractivity contribution in [1.29, 1.82) is 0 Å². The molecule has 1 fully saturated rings. The Morgan fingerprint density at radius 1 is 1.19 bits per heavy atom. The maximum Gasteiger partial charge on any atom is 0.275 e. The number of hydrogen-bond acceptors (Lipinski definition) is 4. The average Bonchev–Trinajstić information content (AvgIpc) is 3.03. The average molecular weight is 401 g/mol. The number of anilines is 2. The van der Waals surface area contributed by atoms with Crippen molar-refractivity contribution in [1.82, 2.24) is 0 Å². The molecule has 0 unspecified atom stereocenters. The van der Waals surface area contributed by atoms with Gasteiger partial charge in [-0.25, -0.2) is 4.90 Å². The Morgan fingerprint density at radius 2 is 1.89 bits per heavy atom. The molecule has 0 N–H and O–H groups in total. The zero-order chi connectivity index (χ0) is 19.5. The number of thioether (sulfide) groups is 1. The lowest BCUT2D eigenvalue weighted by Gasteiger charge is -2.33. The Kier molecular flexibility index (Phi) is 4.09. The first-order valence-corrected chi connectivity index (χ1v) is 9.77. The van der Waals surface area contributed by atoms with Gasteiger partial charge >= 0.3 is 0 Å². The van der Waals surface area contributed by atoms with Gasteiger partial charge in [0.05, 0.1) is 10.9 Å². The van der Waals surface area contributed by atoms with Crippen LogP contribution in [0.5, 0.6) is 0 Å². The van der Waals surface area contributed by atoms with Crippen LogP contribution in [-0.4, -0.2) is 23.0 Å². The van der Waals surface area contributed by atoms with Gasteiger partial charge in [0.25, 0.3) is 5.91 Å². The predicted octanol–water partition coefficient (Wildman–Crippen LogP) is 3.86. The van der Waals surface area contributed by atoms with Gasteiger partial charge in [0.1, 0.15) is 0 Å². The van der Waals surface area contributed by atoms with Crippen molar-refractivity contribution in [2.24, 2.45) is 0 Å². The second-order valence-electron chi connectivity index (χ2n) is 6.69. The molecule has 0 aromatic heterocycles. The first kappa shape index (κ1) is 18.1. The van der Waals surface area contributed by atoms with E-state index in [1.54, 1.807) is 37.3 Å². The third kappa shape index (κ3) is 2.36. The van der Waals surface area contributed by atoms with E-state index < -0.39 is 16.0 Å². The van der Waals surface area contributed by atoms with E-state index in [0.29, 0.717) is 22.0 Å². The molecule has 5 nitrogen and oxygen atoms in total. The summed E-state index contributed by atoms with van der Waals surface area (Å²) in [5, 5.41) is 0.0798. The molecule has 4 rings (SSSR count). The highest BCUT2D eigenvalue weighted by Crippen LogP contribution is 2.57. The lowest BCUT2D eigenvalue weighted by atomic mass is 10.0. The Balaban J connectivity index is 1.99. The monoisotopic (exact) mass is 400 g/mol. The molecule has 3 amide bonds. The summed E-state index contributed by atoms with van der Waals surface area (Å²) < 4.78 is 0. The standard InChI is InChI=1S/C20H17ClN2O3S/c1-11-8-9-14(10-16(11)21)23-18(25)12(2)27-20(23)15-6-4-5-7-17(15)22(13(3)24)19(20)26/h4-10,12H,1-3H3/t12-,20+/m1/s1. The zero-order valence-corrected chi connectivity index (χ0v) is 16.6. The van der Waals surface area contributed by atoms with Gasteiger partial charge < -0.3 is 0 Å². The Hall–Kier alpha value is -2.31. The number of nitrogens with zero attached hydrogens (tertiary/aromatic N) is 2. The Labute approximate surface area is 166 Å². The lowest BCUT2D eigenvalue weighted by Crippen LogP contribution is -2.50. The number of para-hydroxylation sites is 1. The predicted molar refractivity (Wildman–Crippen MR) is 107 cm³/mol. The largest absolute Gasteiger partial charge is 0.283 e. The van der Waals surface area contributed by atoms with Crippen molar-refractivity contribution in [3.05, 3.63) is 58.6 Å². The number of imide groups is 1. The number of amides is 3. The second kappa shape index (κ2) is 6.11. The minimum atomic E-state index is -1.31. The number of carbonyl (C=O) groups excluding carboxylic acids is 3. The fourth-order valence-electron chi connectivity index (χ4n) is 3.70. The van der Waals surface area contributed by atoms with Crippen LogP contribution in [0.15, 0.2) is 42.5 Å². The molecule has 1 spiro atoms. The maximum atomic E-state index is 13.5. The summed E-state index contributed by atoms with van der Waals surface area (Å²) in [4.78, 5) is 40.2. The third-order valence-corrected chi connectivity index (χ3v) is 6.84. The van der Waals surface area contributed by atoms with Crippen LogP contribution in [-0.2, 0) is 19.3 Å². The Morgan fingerprint density at radius 3 is 2.56 bits per heavy atom. The molecule has 2 aromatic rings. The van der Waals surface area contributed by atoms with Crippen LogP contribution in [0.2, 0.25) is 5.02 Å². The molecule has 27 heavy (non-hydrogen) atoms. The summed E-state index contributed by atoms with van der Waals surface area (Å²) in [7, 11) is 0. The quantitative estimate of drug-likeness (QED) is 0.729. The minimum Gasteiger partial charge on any atom is -0.283 e. The highest BCUT2D eigenvalue weighted by Gasteiger charge is 2.63. The van der Waals surface area contributed by atoms with Gasteiger partial charge in [-0.2, -0.15) is 0 Å². The van der Waals surface area contributed by atoms with Gasteiger partial charge in [0.2, 0.25) is 16.7 Å². The molecule has 0 radical (unpaired) electrons. The van der Waals surface area contributed by atoms with Gasteiger partial charge in [0, 0.05) is 23.2 Å². The van der Waals surface area contributed by atoms with Crippen molar-refractivity contribution in [3.63, 3.8) is 0 Å².